The monoisotopic (exact) mass is 134 g/mol. The molecular weight excluding hydrogens is 120 g/mol. The van der Waals surface area contributed by atoms with Crippen LogP contribution in [0.5, 0.6) is 0 Å². The first-order valence-corrected chi connectivity index (χ1v) is 3.90. The second-order valence-electron chi connectivity index (χ2n) is 2.69. The predicted molar refractivity (Wildman–Crippen MR) is 45.9 cm³/mol. The maximum absolute atomic E-state index is 3.94. The van der Waals surface area contributed by atoms with Crippen LogP contribution in [0.25, 0.3) is 0 Å². The van der Waals surface area contributed by atoms with E-state index in [1.54, 1.807) is 0 Å². The normalized spacial score (nSPS) is 26.2. The second kappa shape index (κ2) is 4.10. The summed E-state index contributed by atoms with van der Waals surface area (Å²) in [4.78, 5) is 0. The molecule has 0 aromatic rings. The number of allylic oxidation sites excluding steroid dienone is 5. The number of rotatable bonds is 0. The van der Waals surface area contributed by atoms with Gasteiger partial charge in [0.05, 0.1) is 0 Å². The van der Waals surface area contributed by atoms with Crippen LogP contribution in [0, 0.1) is 0 Å². The van der Waals surface area contributed by atoms with Gasteiger partial charge in [-0.15, -0.1) is 0 Å². The molecule has 0 nitrogen and oxygen atoms in total. The average molecular weight is 134 g/mol. The molecule has 1 aliphatic rings. The molecule has 0 atom stereocenters. The Kier molecular flexibility index (Phi) is 3.01. The zero-order valence-electron chi connectivity index (χ0n) is 6.34. The molecule has 0 aliphatic heterocycles. The zero-order chi connectivity index (χ0) is 7.23. The minimum atomic E-state index is 1.16. The van der Waals surface area contributed by atoms with Gasteiger partial charge >= 0.3 is 0 Å². The lowest BCUT2D eigenvalue weighted by molar-refractivity contribution is 0.753. The maximum atomic E-state index is 3.94. The molecule has 0 unspecified atom stereocenters. The zero-order valence-corrected chi connectivity index (χ0v) is 6.34. The molecule has 0 saturated heterocycles. The second-order valence-corrected chi connectivity index (χ2v) is 2.69. The number of hydrogen-bond acceptors (Lipinski definition) is 0. The third-order valence-electron chi connectivity index (χ3n) is 1.70. The molecule has 54 valence electrons. The van der Waals surface area contributed by atoms with Gasteiger partial charge in [-0.2, -0.15) is 0 Å². The van der Waals surface area contributed by atoms with Crippen LogP contribution < -0.4 is 0 Å². The highest BCUT2D eigenvalue weighted by Gasteiger charge is 1.90. The summed E-state index contributed by atoms with van der Waals surface area (Å²) in [5.41, 5.74) is 1.26. The fourth-order valence-corrected chi connectivity index (χ4v) is 1.06. The van der Waals surface area contributed by atoms with Crippen molar-refractivity contribution >= 4 is 0 Å². The molecular formula is C10H14. The fourth-order valence-electron chi connectivity index (χ4n) is 1.06. The molecule has 0 saturated carbocycles. The highest BCUT2D eigenvalue weighted by Crippen LogP contribution is 2.10. The van der Waals surface area contributed by atoms with Crippen LogP contribution in [0.1, 0.15) is 25.7 Å². The van der Waals surface area contributed by atoms with Crippen molar-refractivity contribution in [3.05, 3.63) is 36.5 Å². The summed E-state index contributed by atoms with van der Waals surface area (Å²) >= 11 is 0. The van der Waals surface area contributed by atoms with Crippen LogP contribution in [-0.2, 0) is 0 Å². The van der Waals surface area contributed by atoms with Gasteiger partial charge in [-0.3, -0.25) is 0 Å². The quantitative estimate of drug-likeness (QED) is 0.477. The van der Waals surface area contributed by atoms with Gasteiger partial charge in [0.2, 0.25) is 0 Å². The van der Waals surface area contributed by atoms with E-state index in [1.165, 1.54) is 24.8 Å². The van der Waals surface area contributed by atoms with Crippen molar-refractivity contribution in [3.8, 4) is 0 Å². The van der Waals surface area contributed by atoms with E-state index in [-0.39, 0.29) is 0 Å². The minimum Gasteiger partial charge on any atom is -0.0958 e. The van der Waals surface area contributed by atoms with E-state index in [1.807, 2.05) is 0 Å². The van der Waals surface area contributed by atoms with Gasteiger partial charge in [-0.05, 0) is 25.7 Å². The largest absolute Gasteiger partial charge is 0.0958 e. The summed E-state index contributed by atoms with van der Waals surface area (Å²) < 4.78 is 0. The van der Waals surface area contributed by atoms with Crippen LogP contribution in [0.15, 0.2) is 36.5 Å². The lowest BCUT2D eigenvalue weighted by Crippen LogP contribution is -1.76. The van der Waals surface area contributed by atoms with Crippen LogP contribution in [-0.4, -0.2) is 0 Å². The Hall–Kier alpha value is -0.780. The molecule has 0 bridgehead atoms. The molecule has 0 heterocycles. The molecule has 0 fully saturated rings. The van der Waals surface area contributed by atoms with Crippen LogP contribution in [0.4, 0.5) is 0 Å². The van der Waals surface area contributed by atoms with Gasteiger partial charge in [0.15, 0.2) is 0 Å². The Morgan fingerprint density at radius 1 is 1.20 bits per heavy atom. The third kappa shape index (κ3) is 2.67. The molecule has 0 aromatic heterocycles. The average Bonchev–Trinajstić information content (AvgIpc) is 2.02. The van der Waals surface area contributed by atoms with Crippen molar-refractivity contribution in [2.24, 2.45) is 0 Å². The van der Waals surface area contributed by atoms with Crippen LogP contribution >= 0.6 is 0 Å². The Labute approximate surface area is 62.9 Å². The summed E-state index contributed by atoms with van der Waals surface area (Å²) in [6.07, 6.45) is 13.5. The molecule has 0 N–H and O–H groups in total. The Morgan fingerprint density at radius 2 is 2.10 bits per heavy atom. The van der Waals surface area contributed by atoms with Crippen molar-refractivity contribution in [3.63, 3.8) is 0 Å². The fraction of sp³-hybridized carbons (Fsp3) is 0.400. The van der Waals surface area contributed by atoms with E-state index < -0.39 is 0 Å². The molecule has 0 amide bonds. The predicted octanol–water partition coefficient (Wildman–Crippen LogP) is 3.23. The van der Waals surface area contributed by atoms with Crippen LogP contribution in [0.3, 0.4) is 0 Å². The summed E-state index contributed by atoms with van der Waals surface area (Å²) in [7, 11) is 0. The highest BCUT2D eigenvalue weighted by molar-refractivity contribution is 5.19. The summed E-state index contributed by atoms with van der Waals surface area (Å²) in [5, 5.41) is 0. The van der Waals surface area contributed by atoms with Crippen molar-refractivity contribution in [1.29, 1.82) is 0 Å². The van der Waals surface area contributed by atoms with Crippen LogP contribution in [0.2, 0.25) is 0 Å². The first-order chi connectivity index (χ1) is 4.89. The van der Waals surface area contributed by atoms with E-state index in [4.69, 9.17) is 0 Å². The summed E-state index contributed by atoms with van der Waals surface area (Å²) in [5.74, 6) is 0. The van der Waals surface area contributed by atoms with Gasteiger partial charge in [0.1, 0.15) is 0 Å². The topological polar surface area (TPSA) is 0 Å². The third-order valence-corrected chi connectivity index (χ3v) is 1.70. The Balaban J connectivity index is 2.48. The van der Waals surface area contributed by atoms with Crippen molar-refractivity contribution in [1.82, 2.24) is 0 Å². The Morgan fingerprint density at radius 3 is 3.00 bits per heavy atom. The SMILES string of the molecule is C=C1/C=C/C=C\CCCC1. The van der Waals surface area contributed by atoms with Gasteiger partial charge in [-0.25, -0.2) is 0 Å². The number of hydrogen-bond donors (Lipinski definition) is 0. The standard InChI is InChI=1S/C10H14/c1-10-8-6-4-2-3-5-7-9-10/h2,4,6,8H,1,3,5,7,9H2/b4-2-,8-6+. The lowest BCUT2D eigenvalue weighted by atomic mass is 10.1. The first kappa shape index (κ1) is 7.33. The maximum Gasteiger partial charge on any atom is -0.0285 e. The first-order valence-electron chi connectivity index (χ1n) is 3.90. The molecule has 1 aliphatic carbocycles. The van der Waals surface area contributed by atoms with E-state index in [0.717, 1.165) is 6.42 Å². The van der Waals surface area contributed by atoms with Gasteiger partial charge in [-0.1, -0.05) is 36.5 Å². The molecule has 0 aromatic carbocycles. The molecule has 0 heteroatoms. The van der Waals surface area contributed by atoms with E-state index >= 15 is 0 Å². The van der Waals surface area contributed by atoms with E-state index in [9.17, 15) is 0 Å². The van der Waals surface area contributed by atoms with Crippen molar-refractivity contribution in [2.75, 3.05) is 0 Å². The Bertz CT molecular complexity index is 161. The molecule has 0 spiro atoms. The van der Waals surface area contributed by atoms with Gasteiger partial charge in [0.25, 0.3) is 0 Å². The lowest BCUT2D eigenvalue weighted by Gasteiger charge is -1.95. The van der Waals surface area contributed by atoms with Crippen molar-refractivity contribution < 1.29 is 0 Å². The minimum absolute atomic E-state index is 1.16. The molecule has 0 radical (unpaired) electrons. The molecule has 10 heavy (non-hydrogen) atoms. The highest BCUT2D eigenvalue weighted by atomic mass is 14.0. The van der Waals surface area contributed by atoms with Crippen molar-refractivity contribution in [2.45, 2.75) is 25.7 Å². The van der Waals surface area contributed by atoms with E-state index in [2.05, 4.69) is 30.9 Å². The summed E-state index contributed by atoms with van der Waals surface area (Å²) in [6, 6.07) is 0. The van der Waals surface area contributed by atoms with Gasteiger partial charge in [0, 0.05) is 0 Å². The molecule has 1 rings (SSSR count). The van der Waals surface area contributed by atoms with E-state index in [0.29, 0.717) is 0 Å². The van der Waals surface area contributed by atoms with Gasteiger partial charge < -0.3 is 0 Å². The summed E-state index contributed by atoms with van der Waals surface area (Å²) in [6.45, 7) is 3.94. The smallest absolute Gasteiger partial charge is 0.0285 e.